The molecule has 2 aromatic rings. The van der Waals surface area contributed by atoms with Gasteiger partial charge in [0.2, 0.25) is 11.8 Å². The highest BCUT2D eigenvalue weighted by Crippen LogP contribution is 2.26. The number of nitrogens with one attached hydrogen (secondary N) is 3. The zero-order valence-corrected chi connectivity index (χ0v) is 17.3. The number of alkyl halides is 1. The molecule has 12 heteroatoms. The van der Waals surface area contributed by atoms with E-state index in [0.717, 1.165) is 16.9 Å². The Bertz CT molecular complexity index is 963. The number of carbonyl (C=O) groups is 3. The highest BCUT2D eigenvalue weighted by molar-refractivity contribution is 7.14. The lowest BCUT2D eigenvalue weighted by Crippen LogP contribution is -2.64. The lowest BCUT2D eigenvalue weighted by Gasteiger charge is -2.37. The van der Waals surface area contributed by atoms with Crippen LogP contribution in [0.15, 0.2) is 34.8 Å². The van der Waals surface area contributed by atoms with Gasteiger partial charge in [-0.2, -0.15) is 0 Å². The number of hydrogen-bond acceptors (Lipinski definition) is 7. The highest BCUT2D eigenvalue weighted by atomic mass is 35.5. The minimum absolute atomic E-state index is 0.135. The van der Waals surface area contributed by atoms with E-state index in [1.54, 1.807) is 24.3 Å². The number of rotatable bonds is 7. The SMILES string of the molecule is CO/N=C(\C(=O)NC1C(=O)NC1c1ccc(Cl)cc1)c1csc(NC(=O)CCl)n1. The maximum atomic E-state index is 12.7. The first-order valence-corrected chi connectivity index (χ1v) is 10.0. The lowest BCUT2D eigenvalue weighted by atomic mass is 9.91. The van der Waals surface area contributed by atoms with Gasteiger partial charge in [-0.3, -0.25) is 14.4 Å². The molecule has 0 bridgehead atoms. The van der Waals surface area contributed by atoms with Crippen LogP contribution in [0.3, 0.4) is 0 Å². The van der Waals surface area contributed by atoms with Crippen molar-refractivity contribution >= 4 is 63.1 Å². The normalized spacial score (nSPS) is 18.4. The van der Waals surface area contributed by atoms with Crippen LogP contribution in [0, 0.1) is 0 Å². The molecule has 1 saturated heterocycles. The van der Waals surface area contributed by atoms with Crippen LogP contribution in [0.5, 0.6) is 0 Å². The zero-order chi connectivity index (χ0) is 21.0. The summed E-state index contributed by atoms with van der Waals surface area (Å²) < 4.78 is 0. The van der Waals surface area contributed by atoms with E-state index in [-0.39, 0.29) is 28.3 Å². The maximum Gasteiger partial charge on any atom is 0.276 e. The molecule has 3 amide bonds. The predicted molar refractivity (Wildman–Crippen MR) is 109 cm³/mol. The van der Waals surface area contributed by atoms with E-state index >= 15 is 0 Å². The standard InChI is InChI=1S/C17H15Cl2N5O4S/c1-28-24-13(10-7-29-17(20-10)21-11(25)6-18)15(26)23-14-12(22-16(14)27)8-2-4-9(19)5-3-8/h2-5,7,12,14H,6H2,1H3,(H,22,27)(H,23,26)(H,20,21,25)/b24-13-. The Morgan fingerprint density at radius 3 is 2.69 bits per heavy atom. The summed E-state index contributed by atoms with van der Waals surface area (Å²) in [6.07, 6.45) is 0. The molecular formula is C17H15Cl2N5O4S. The fourth-order valence-corrected chi connectivity index (χ4v) is 3.48. The third-order valence-corrected chi connectivity index (χ3v) is 5.19. The number of β-lactam (4-membered cyclic amide) rings is 1. The van der Waals surface area contributed by atoms with Crippen molar-refractivity contribution in [2.24, 2.45) is 5.16 Å². The van der Waals surface area contributed by atoms with Gasteiger partial charge < -0.3 is 20.8 Å². The zero-order valence-electron chi connectivity index (χ0n) is 14.9. The number of anilines is 1. The molecule has 3 N–H and O–H groups in total. The average Bonchev–Trinajstić information content (AvgIpc) is 3.16. The first-order valence-electron chi connectivity index (χ1n) is 8.22. The van der Waals surface area contributed by atoms with Crippen LogP contribution in [0.2, 0.25) is 5.02 Å². The Morgan fingerprint density at radius 2 is 2.07 bits per heavy atom. The van der Waals surface area contributed by atoms with Crippen molar-refractivity contribution in [1.82, 2.24) is 15.6 Å². The molecule has 1 aliphatic rings. The lowest BCUT2D eigenvalue weighted by molar-refractivity contribution is -0.134. The van der Waals surface area contributed by atoms with E-state index in [1.165, 1.54) is 12.5 Å². The summed E-state index contributed by atoms with van der Waals surface area (Å²) in [5.41, 5.74) is 0.843. The number of oxime groups is 1. The molecule has 1 fully saturated rings. The van der Waals surface area contributed by atoms with Crippen LogP contribution < -0.4 is 16.0 Å². The number of amides is 3. The third kappa shape index (κ3) is 4.84. The van der Waals surface area contributed by atoms with Gasteiger partial charge in [-0.25, -0.2) is 4.98 Å². The minimum Gasteiger partial charge on any atom is -0.398 e. The van der Waals surface area contributed by atoms with Gasteiger partial charge in [-0.15, -0.1) is 22.9 Å². The minimum atomic E-state index is -0.792. The molecule has 1 aromatic carbocycles. The molecule has 0 saturated carbocycles. The van der Waals surface area contributed by atoms with Crippen molar-refractivity contribution < 1.29 is 19.2 Å². The molecule has 2 heterocycles. The van der Waals surface area contributed by atoms with Crippen LogP contribution in [0.25, 0.3) is 0 Å². The van der Waals surface area contributed by atoms with Crippen molar-refractivity contribution in [3.05, 3.63) is 45.9 Å². The number of benzene rings is 1. The Hall–Kier alpha value is -2.69. The molecule has 9 nitrogen and oxygen atoms in total. The molecular weight excluding hydrogens is 441 g/mol. The fourth-order valence-electron chi connectivity index (χ4n) is 2.57. The third-order valence-electron chi connectivity index (χ3n) is 3.94. The van der Waals surface area contributed by atoms with Crippen LogP contribution in [0.1, 0.15) is 17.3 Å². The molecule has 152 valence electrons. The molecule has 29 heavy (non-hydrogen) atoms. The summed E-state index contributed by atoms with van der Waals surface area (Å²) in [5.74, 6) is -1.63. The summed E-state index contributed by atoms with van der Waals surface area (Å²) in [7, 11) is 1.28. The number of hydrogen-bond donors (Lipinski definition) is 3. The topological polar surface area (TPSA) is 122 Å². The molecule has 1 aromatic heterocycles. The number of nitrogens with zero attached hydrogens (tertiary/aromatic N) is 2. The highest BCUT2D eigenvalue weighted by Gasteiger charge is 2.42. The second-order valence-electron chi connectivity index (χ2n) is 5.83. The van der Waals surface area contributed by atoms with E-state index in [2.05, 4.69) is 26.1 Å². The van der Waals surface area contributed by atoms with Gasteiger partial charge in [-0.05, 0) is 17.7 Å². The van der Waals surface area contributed by atoms with Gasteiger partial charge in [0.1, 0.15) is 24.7 Å². The van der Waals surface area contributed by atoms with Gasteiger partial charge in [0, 0.05) is 10.4 Å². The molecule has 2 unspecified atom stereocenters. The summed E-state index contributed by atoms with van der Waals surface area (Å²) in [5, 5.41) is 13.9. The Labute approximate surface area is 179 Å². The van der Waals surface area contributed by atoms with E-state index in [1.807, 2.05) is 0 Å². The van der Waals surface area contributed by atoms with Crippen LogP contribution in [-0.2, 0) is 19.2 Å². The van der Waals surface area contributed by atoms with E-state index in [9.17, 15) is 14.4 Å². The second-order valence-corrected chi connectivity index (χ2v) is 7.39. The van der Waals surface area contributed by atoms with Crippen molar-refractivity contribution in [3.63, 3.8) is 0 Å². The van der Waals surface area contributed by atoms with Crippen molar-refractivity contribution in [3.8, 4) is 0 Å². The predicted octanol–water partition coefficient (Wildman–Crippen LogP) is 1.68. The van der Waals surface area contributed by atoms with Crippen molar-refractivity contribution in [2.75, 3.05) is 18.3 Å². The average molecular weight is 456 g/mol. The smallest absolute Gasteiger partial charge is 0.276 e. The van der Waals surface area contributed by atoms with Gasteiger partial charge >= 0.3 is 0 Å². The first kappa shape index (κ1) is 21.0. The number of carbonyl (C=O) groups excluding carboxylic acids is 3. The van der Waals surface area contributed by atoms with Gasteiger partial charge in [0.05, 0.1) is 6.04 Å². The van der Waals surface area contributed by atoms with Gasteiger partial charge in [0.25, 0.3) is 5.91 Å². The van der Waals surface area contributed by atoms with Crippen LogP contribution in [-0.4, -0.2) is 47.4 Å². The summed E-state index contributed by atoms with van der Waals surface area (Å²) in [6.45, 7) is 0. The Kier molecular flexibility index (Phi) is 6.68. The van der Waals surface area contributed by atoms with E-state index in [0.29, 0.717) is 5.02 Å². The number of thiazole rings is 1. The molecule has 2 atom stereocenters. The molecule has 0 radical (unpaired) electrons. The maximum absolute atomic E-state index is 12.7. The molecule has 0 spiro atoms. The van der Waals surface area contributed by atoms with Crippen LogP contribution >= 0.6 is 34.5 Å². The molecule has 0 aliphatic carbocycles. The fraction of sp³-hybridized carbons (Fsp3) is 0.235. The Balaban J connectivity index is 1.74. The molecule has 3 rings (SSSR count). The number of halogens is 2. The number of aromatic nitrogens is 1. The van der Waals surface area contributed by atoms with E-state index in [4.69, 9.17) is 28.0 Å². The molecule has 1 aliphatic heterocycles. The van der Waals surface area contributed by atoms with Gasteiger partial charge in [-0.1, -0.05) is 28.9 Å². The van der Waals surface area contributed by atoms with Crippen molar-refractivity contribution in [1.29, 1.82) is 0 Å². The summed E-state index contributed by atoms with van der Waals surface area (Å²) >= 11 is 12.4. The Morgan fingerprint density at radius 1 is 1.34 bits per heavy atom. The summed E-state index contributed by atoms with van der Waals surface area (Å²) in [4.78, 5) is 45.0. The van der Waals surface area contributed by atoms with Crippen LogP contribution in [0.4, 0.5) is 5.13 Å². The van der Waals surface area contributed by atoms with Crippen molar-refractivity contribution in [2.45, 2.75) is 12.1 Å². The second kappa shape index (κ2) is 9.21. The van der Waals surface area contributed by atoms with E-state index < -0.39 is 23.9 Å². The summed E-state index contributed by atoms with van der Waals surface area (Å²) in [6, 6.07) is 5.74. The largest absolute Gasteiger partial charge is 0.398 e. The monoisotopic (exact) mass is 455 g/mol. The first-order chi connectivity index (χ1) is 13.9. The quantitative estimate of drug-likeness (QED) is 0.253. The van der Waals surface area contributed by atoms with Gasteiger partial charge in [0.15, 0.2) is 10.8 Å².